The van der Waals surface area contributed by atoms with Crippen molar-refractivity contribution in [2.45, 2.75) is 51.6 Å². The van der Waals surface area contributed by atoms with Gasteiger partial charge in [-0.25, -0.2) is 4.79 Å². The molecule has 0 amide bonds. The molecule has 0 spiro atoms. The third-order valence-corrected chi connectivity index (χ3v) is 5.39. The van der Waals surface area contributed by atoms with Crippen LogP contribution < -0.4 is 10.2 Å². The van der Waals surface area contributed by atoms with Crippen molar-refractivity contribution in [2.75, 3.05) is 18.0 Å². The van der Waals surface area contributed by atoms with Crippen molar-refractivity contribution in [1.82, 2.24) is 5.32 Å². The van der Waals surface area contributed by atoms with Crippen molar-refractivity contribution in [3.05, 3.63) is 65.2 Å². The molecule has 2 N–H and O–H groups in total. The van der Waals surface area contributed by atoms with E-state index in [9.17, 15) is 4.79 Å². The lowest BCUT2D eigenvalue weighted by Gasteiger charge is -2.34. The number of rotatable bonds is 5. The Morgan fingerprint density at radius 2 is 1.63 bits per heavy atom. The summed E-state index contributed by atoms with van der Waals surface area (Å²) in [7, 11) is 0. The van der Waals surface area contributed by atoms with Gasteiger partial charge in [0.1, 0.15) is 0 Å². The number of benzene rings is 2. The lowest BCUT2D eigenvalue weighted by Crippen LogP contribution is -2.42. The zero-order chi connectivity index (χ0) is 19.4. The Labute approximate surface area is 162 Å². The molecule has 3 rings (SSSR count). The molecule has 0 bridgehead atoms. The first-order chi connectivity index (χ1) is 12.8. The van der Waals surface area contributed by atoms with Gasteiger partial charge in [0.2, 0.25) is 0 Å². The standard InChI is InChI=1S/C23H30N2O2/c1-23(2,3)19-8-10-21(11-9-19)25-14-12-20(13-15-25)24-16-17-4-6-18(7-5-17)22(26)27/h4-11,20,24H,12-16H2,1-3H3,(H,26,27). The fraction of sp³-hybridized carbons (Fsp3) is 0.435. The third kappa shape index (κ3) is 5.10. The average molecular weight is 367 g/mol. The lowest BCUT2D eigenvalue weighted by molar-refractivity contribution is 0.0697. The minimum absolute atomic E-state index is 0.193. The summed E-state index contributed by atoms with van der Waals surface area (Å²) in [5.41, 5.74) is 4.34. The molecule has 0 radical (unpaired) electrons. The number of hydrogen-bond donors (Lipinski definition) is 2. The van der Waals surface area contributed by atoms with Crippen LogP contribution in [0.5, 0.6) is 0 Å². The van der Waals surface area contributed by atoms with Gasteiger partial charge in [-0.15, -0.1) is 0 Å². The van der Waals surface area contributed by atoms with Gasteiger partial charge in [-0.05, 0) is 53.6 Å². The van der Waals surface area contributed by atoms with Crippen LogP contribution in [-0.4, -0.2) is 30.2 Å². The molecule has 0 saturated carbocycles. The quantitative estimate of drug-likeness (QED) is 0.821. The van der Waals surface area contributed by atoms with Crippen LogP contribution in [0, 0.1) is 0 Å². The number of piperidine rings is 1. The summed E-state index contributed by atoms with van der Waals surface area (Å²) in [4.78, 5) is 13.4. The summed E-state index contributed by atoms with van der Waals surface area (Å²) in [6.45, 7) is 9.64. The van der Waals surface area contributed by atoms with Crippen molar-refractivity contribution in [2.24, 2.45) is 0 Å². The zero-order valence-corrected chi connectivity index (χ0v) is 16.5. The largest absolute Gasteiger partial charge is 0.478 e. The molecule has 2 aromatic rings. The van der Waals surface area contributed by atoms with Crippen LogP contribution in [-0.2, 0) is 12.0 Å². The van der Waals surface area contributed by atoms with E-state index < -0.39 is 5.97 Å². The minimum atomic E-state index is -0.877. The summed E-state index contributed by atoms with van der Waals surface area (Å²) in [6.07, 6.45) is 2.24. The molecule has 27 heavy (non-hydrogen) atoms. The predicted molar refractivity (Wildman–Crippen MR) is 111 cm³/mol. The second-order valence-corrected chi connectivity index (χ2v) is 8.44. The van der Waals surface area contributed by atoms with Gasteiger partial charge < -0.3 is 15.3 Å². The Morgan fingerprint density at radius 1 is 1.04 bits per heavy atom. The second kappa shape index (κ2) is 8.13. The molecular weight excluding hydrogens is 336 g/mol. The van der Waals surface area contributed by atoms with Crippen molar-refractivity contribution >= 4 is 11.7 Å². The van der Waals surface area contributed by atoms with E-state index in [2.05, 4.69) is 55.3 Å². The number of carbonyl (C=O) groups is 1. The van der Waals surface area contributed by atoms with Crippen LogP contribution in [0.2, 0.25) is 0 Å². The molecule has 4 nitrogen and oxygen atoms in total. The molecule has 2 aromatic carbocycles. The van der Waals surface area contributed by atoms with Gasteiger partial charge in [-0.2, -0.15) is 0 Å². The molecule has 1 heterocycles. The molecule has 1 saturated heterocycles. The van der Waals surface area contributed by atoms with Crippen molar-refractivity contribution in [3.8, 4) is 0 Å². The molecule has 1 aliphatic rings. The maximum atomic E-state index is 10.9. The maximum absolute atomic E-state index is 10.9. The first-order valence-electron chi connectivity index (χ1n) is 9.74. The van der Waals surface area contributed by atoms with Crippen LogP contribution in [0.15, 0.2) is 48.5 Å². The second-order valence-electron chi connectivity index (χ2n) is 8.44. The number of carboxylic acids is 1. The maximum Gasteiger partial charge on any atom is 0.335 e. The highest BCUT2D eigenvalue weighted by Gasteiger charge is 2.20. The van der Waals surface area contributed by atoms with Crippen molar-refractivity contribution < 1.29 is 9.90 Å². The summed E-state index contributed by atoms with van der Waals surface area (Å²) >= 11 is 0. The Balaban J connectivity index is 1.48. The molecule has 144 valence electrons. The van der Waals surface area contributed by atoms with Gasteiger partial charge in [-0.3, -0.25) is 0 Å². The highest BCUT2D eigenvalue weighted by Crippen LogP contribution is 2.26. The molecule has 0 unspecified atom stereocenters. The number of anilines is 1. The van der Waals surface area contributed by atoms with E-state index in [-0.39, 0.29) is 5.41 Å². The van der Waals surface area contributed by atoms with E-state index in [1.165, 1.54) is 11.3 Å². The molecule has 1 aliphatic heterocycles. The smallest absolute Gasteiger partial charge is 0.335 e. The van der Waals surface area contributed by atoms with E-state index in [4.69, 9.17) is 5.11 Å². The highest BCUT2D eigenvalue weighted by molar-refractivity contribution is 5.87. The molecular formula is C23H30N2O2. The Bertz CT molecular complexity index is 752. The molecule has 0 atom stereocenters. The van der Waals surface area contributed by atoms with Crippen LogP contribution in [0.1, 0.15) is 55.1 Å². The zero-order valence-electron chi connectivity index (χ0n) is 16.5. The Morgan fingerprint density at radius 3 is 2.15 bits per heavy atom. The summed E-state index contributed by atoms with van der Waals surface area (Å²) in [5.74, 6) is -0.877. The van der Waals surface area contributed by atoms with Crippen molar-refractivity contribution in [1.29, 1.82) is 0 Å². The SMILES string of the molecule is CC(C)(C)c1ccc(N2CCC(NCc3ccc(C(=O)O)cc3)CC2)cc1. The molecule has 1 fully saturated rings. The number of nitrogens with one attached hydrogen (secondary N) is 1. The van der Waals surface area contributed by atoms with Gasteiger partial charge in [0, 0.05) is 31.4 Å². The fourth-order valence-corrected chi connectivity index (χ4v) is 3.54. The van der Waals surface area contributed by atoms with E-state index in [1.807, 2.05) is 12.1 Å². The normalized spacial score (nSPS) is 15.7. The van der Waals surface area contributed by atoms with Crippen molar-refractivity contribution in [3.63, 3.8) is 0 Å². The van der Waals surface area contributed by atoms with E-state index in [1.54, 1.807) is 12.1 Å². The average Bonchev–Trinajstić information content (AvgIpc) is 2.66. The molecule has 4 heteroatoms. The molecule has 0 aromatic heterocycles. The van der Waals surface area contributed by atoms with Crippen LogP contribution in [0.3, 0.4) is 0 Å². The van der Waals surface area contributed by atoms with E-state index >= 15 is 0 Å². The monoisotopic (exact) mass is 366 g/mol. The summed E-state index contributed by atoms with van der Waals surface area (Å²) < 4.78 is 0. The molecule has 0 aliphatic carbocycles. The summed E-state index contributed by atoms with van der Waals surface area (Å²) in [6, 6.07) is 16.6. The number of aromatic carboxylic acids is 1. The lowest BCUT2D eigenvalue weighted by atomic mass is 9.87. The van der Waals surface area contributed by atoms with Gasteiger partial charge in [0.05, 0.1) is 5.56 Å². The number of carboxylic acid groups (broad SMARTS) is 1. The highest BCUT2D eigenvalue weighted by atomic mass is 16.4. The first kappa shape index (κ1) is 19.4. The van der Waals surface area contributed by atoms with Gasteiger partial charge in [0.25, 0.3) is 0 Å². The number of nitrogens with zero attached hydrogens (tertiary/aromatic N) is 1. The van der Waals surface area contributed by atoms with E-state index in [0.717, 1.165) is 38.0 Å². The Hall–Kier alpha value is -2.33. The van der Waals surface area contributed by atoms with Gasteiger partial charge in [-0.1, -0.05) is 45.0 Å². The van der Waals surface area contributed by atoms with Gasteiger partial charge >= 0.3 is 5.97 Å². The topological polar surface area (TPSA) is 52.6 Å². The summed E-state index contributed by atoms with van der Waals surface area (Å²) in [5, 5.41) is 12.6. The predicted octanol–water partition coefficient (Wildman–Crippen LogP) is 4.44. The number of hydrogen-bond acceptors (Lipinski definition) is 3. The van der Waals surface area contributed by atoms with Gasteiger partial charge in [0.15, 0.2) is 0 Å². The van der Waals surface area contributed by atoms with Crippen LogP contribution in [0.25, 0.3) is 0 Å². The Kier molecular flexibility index (Phi) is 5.85. The first-order valence-corrected chi connectivity index (χ1v) is 9.74. The van der Waals surface area contributed by atoms with Crippen LogP contribution >= 0.6 is 0 Å². The minimum Gasteiger partial charge on any atom is -0.478 e. The third-order valence-electron chi connectivity index (χ3n) is 5.39. The van der Waals surface area contributed by atoms with Crippen LogP contribution in [0.4, 0.5) is 5.69 Å². The van der Waals surface area contributed by atoms with E-state index in [0.29, 0.717) is 11.6 Å². The fourth-order valence-electron chi connectivity index (χ4n) is 3.54.